The smallest absolute Gasteiger partial charge is 0.251 e. The Morgan fingerprint density at radius 3 is 2.57 bits per heavy atom. The zero-order valence-electron chi connectivity index (χ0n) is 12.9. The number of benzene rings is 1. The molecule has 1 saturated heterocycles. The van der Waals surface area contributed by atoms with Crippen molar-refractivity contribution in [3.05, 3.63) is 30.3 Å². The average Bonchev–Trinajstić information content (AvgIpc) is 2.72. The Kier molecular flexibility index (Phi) is 5.09. The van der Waals surface area contributed by atoms with Gasteiger partial charge in [0.05, 0.1) is 18.2 Å². The van der Waals surface area contributed by atoms with Gasteiger partial charge < -0.3 is 10.2 Å². The number of nitrogens with zero attached hydrogens (tertiary/aromatic N) is 2. The van der Waals surface area contributed by atoms with Crippen LogP contribution in [0.5, 0.6) is 0 Å². The van der Waals surface area contributed by atoms with Crippen molar-refractivity contribution < 1.29 is 9.59 Å². The molecule has 0 radical (unpaired) electrons. The molecule has 0 aliphatic carbocycles. The van der Waals surface area contributed by atoms with Crippen molar-refractivity contribution in [2.75, 3.05) is 25.5 Å². The van der Waals surface area contributed by atoms with Gasteiger partial charge in [0.2, 0.25) is 5.91 Å². The van der Waals surface area contributed by atoms with E-state index in [-0.39, 0.29) is 24.3 Å². The minimum atomic E-state index is -0.408. The lowest BCUT2D eigenvalue weighted by Gasteiger charge is -2.20. The standard InChI is InChI=1S/C16H23N3O2/c1-12(9-10-18(2)3)17-14-11-15(20)19(16(14)21)13-7-5-4-6-8-13/h4-8,12,14,17H,9-11H2,1-3H3. The molecular formula is C16H23N3O2. The number of anilines is 1. The van der Waals surface area contributed by atoms with Crippen LogP contribution in [0.25, 0.3) is 0 Å². The summed E-state index contributed by atoms with van der Waals surface area (Å²) in [5, 5.41) is 3.28. The fraction of sp³-hybridized carbons (Fsp3) is 0.500. The van der Waals surface area contributed by atoms with Crippen LogP contribution in [-0.2, 0) is 9.59 Å². The predicted molar refractivity (Wildman–Crippen MR) is 83.1 cm³/mol. The molecule has 0 spiro atoms. The van der Waals surface area contributed by atoms with Gasteiger partial charge in [-0.3, -0.25) is 9.59 Å². The molecule has 114 valence electrons. The molecule has 2 unspecified atom stereocenters. The molecular weight excluding hydrogens is 266 g/mol. The second-order valence-corrected chi connectivity index (χ2v) is 5.82. The van der Waals surface area contributed by atoms with Gasteiger partial charge in [-0.25, -0.2) is 4.90 Å². The van der Waals surface area contributed by atoms with Gasteiger partial charge in [-0.15, -0.1) is 0 Å². The number of para-hydroxylation sites is 1. The molecule has 5 heteroatoms. The van der Waals surface area contributed by atoms with Gasteiger partial charge in [0, 0.05) is 6.04 Å². The average molecular weight is 289 g/mol. The van der Waals surface area contributed by atoms with Crippen LogP contribution in [0.3, 0.4) is 0 Å². The van der Waals surface area contributed by atoms with Crippen molar-refractivity contribution in [3.63, 3.8) is 0 Å². The summed E-state index contributed by atoms with van der Waals surface area (Å²) in [7, 11) is 4.04. The van der Waals surface area contributed by atoms with Gasteiger partial charge in [-0.05, 0) is 46.1 Å². The van der Waals surface area contributed by atoms with Crippen LogP contribution in [-0.4, -0.2) is 49.4 Å². The molecule has 1 aliphatic heterocycles. The normalized spacial score (nSPS) is 20.4. The van der Waals surface area contributed by atoms with E-state index in [0.29, 0.717) is 5.69 Å². The summed E-state index contributed by atoms with van der Waals surface area (Å²) in [6.07, 6.45) is 1.18. The molecule has 5 nitrogen and oxygen atoms in total. The summed E-state index contributed by atoms with van der Waals surface area (Å²) in [6.45, 7) is 3.00. The second-order valence-electron chi connectivity index (χ2n) is 5.82. The van der Waals surface area contributed by atoms with Crippen LogP contribution in [0.4, 0.5) is 5.69 Å². The molecule has 1 aliphatic rings. The zero-order valence-corrected chi connectivity index (χ0v) is 12.9. The molecule has 1 aromatic carbocycles. The van der Waals surface area contributed by atoms with Gasteiger partial charge in [0.15, 0.2) is 0 Å². The molecule has 2 atom stereocenters. The first-order chi connectivity index (χ1) is 9.99. The highest BCUT2D eigenvalue weighted by atomic mass is 16.2. The fourth-order valence-electron chi connectivity index (χ4n) is 2.49. The van der Waals surface area contributed by atoms with Crippen molar-refractivity contribution >= 4 is 17.5 Å². The number of carbonyl (C=O) groups excluding carboxylic acids is 2. The van der Waals surface area contributed by atoms with Gasteiger partial charge >= 0.3 is 0 Å². The van der Waals surface area contributed by atoms with E-state index in [9.17, 15) is 9.59 Å². The summed E-state index contributed by atoms with van der Waals surface area (Å²) >= 11 is 0. The fourth-order valence-corrected chi connectivity index (χ4v) is 2.49. The largest absolute Gasteiger partial charge is 0.309 e. The summed E-state index contributed by atoms with van der Waals surface area (Å²) in [5.41, 5.74) is 0.651. The van der Waals surface area contributed by atoms with Crippen molar-refractivity contribution in [2.45, 2.75) is 31.8 Å². The number of carbonyl (C=O) groups is 2. The first-order valence-electron chi connectivity index (χ1n) is 7.31. The van der Waals surface area contributed by atoms with Crippen LogP contribution in [0.1, 0.15) is 19.8 Å². The maximum Gasteiger partial charge on any atom is 0.251 e. The maximum atomic E-state index is 12.4. The molecule has 0 aromatic heterocycles. The molecule has 1 heterocycles. The molecule has 2 amide bonds. The van der Waals surface area contributed by atoms with Crippen molar-refractivity contribution in [1.82, 2.24) is 10.2 Å². The first kappa shape index (κ1) is 15.7. The number of hydrogen-bond acceptors (Lipinski definition) is 4. The topological polar surface area (TPSA) is 52.7 Å². The van der Waals surface area contributed by atoms with Crippen molar-refractivity contribution in [2.24, 2.45) is 0 Å². The lowest BCUT2D eigenvalue weighted by molar-refractivity contribution is -0.121. The Hall–Kier alpha value is -1.72. The highest BCUT2D eigenvalue weighted by molar-refractivity contribution is 6.22. The lowest BCUT2D eigenvalue weighted by Crippen LogP contribution is -2.43. The predicted octanol–water partition coefficient (Wildman–Crippen LogP) is 1.25. The Morgan fingerprint density at radius 1 is 1.29 bits per heavy atom. The lowest BCUT2D eigenvalue weighted by atomic mass is 10.1. The molecule has 0 bridgehead atoms. The summed E-state index contributed by atoms with van der Waals surface area (Å²) in [6, 6.07) is 8.89. The summed E-state index contributed by atoms with van der Waals surface area (Å²) in [5.74, 6) is -0.286. The number of nitrogens with one attached hydrogen (secondary N) is 1. The van der Waals surface area contributed by atoms with Crippen LogP contribution < -0.4 is 10.2 Å². The van der Waals surface area contributed by atoms with Crippen LogP contribution >= 0.6 is 0 Å². The molecule has 21 heavy (non-hydrogen) atoms. The third-order valence-electron chi connectivity index (χ3n) is 3.66. The SMILES string of the molecule is CC(CCN(C)C)NC1CC(=O)N(c2ccccc2)C1=O. The van der Waals surface area contributed by atoms with Crippen LogP contribution in [0.2, 0.25) is 0 Å². The van der Waals surface area contributed by atoms with Gasteiger partial charge in [-0.2, -0.15) is 0 Å². The Morgan fingerprint density at radius 2 is 1.95 bits per heavy atom. The quantitative estimate of drug-likeness (QED) is 0.801. The third kappa shape index (κ3) is 3.89. The Labute approximate surface area is 125 Å². The van der Waals surface area contributed by atoms with Crippen molar-refractivity contribution in [3.8, 4) is 0 Å². The number of hydrogen-bond donors (Lipinski definition) is 1. The highest BCUT2D eigenvalue weighted by Crippen LogP contribution is 2.22. The Bertz CT molecular complexity index is 502. The maximum absolute atomic E-state index is 12.4. The van der Waals surface area contributed by atoms with E-state index in [1.807, 2.05) is 39.2 Å². The van der Waals surface area contributed by atoms with Crippen molar-refractivity contribution in [1.29, 1.82) is 0 Å². The third-order valence-corrected chi connectivity index (χ3v) is 3.66. The number of amides is 2. The molecule has 1 N–H and O–H groups in total. The van der Waals surface area contributed by atoms with E-state index in [4.69, 9.17) is 0 Å². The number of rotatable bonds is 6. The van der Waals surface area contributed by atoms with Gasteiger partial charge in [0.25, 0.3) is 5.91 Å². The molecule has 0 saturated carbocycles. The van der Waals surface area contributed by atoms with Gasteiger partial charge in [0.1, 0.15) is 0 Å². The van der Waals surface area contributed by atoms with Crippen LogP contribution in [0, 0.1) is 0 Å². The monoisotopic (exact) mass is 289 g/mol. The minimum absolute atomic E-state index is 0.136. The van der Waals surface area contributed by atoms with Crippen LogP contribution in [0.15, 0.2) is 30.3 Å². The second kappa shape index (κ2) is 6.83. The molecule has 1 aromatic rings. The highest BCUT2D eigenvalue weighted by Gasteiger charge is 2.39. The van der Waals surface area contributed by atoms with E-state index in [1.54, 1.807) is 12.1 Å². The number of imide groups is 1. The van der Waals surface area contributed by atoms with E-state index < -0.39 is 6.04 Å². The zero-order chi connectivity index (χ0) is 15.4. The van der Waals surface area contributed by atoms with E-state index in [0.717, 1.165) is 13.0 Å². The molecule has 2 rings (SSSR count). The first-order valence-corrected chi connectivity index (χ1v) is 7.31. The van der Waals surface area contributed by atoms with E-state index in [1.165, 1.54) is 4.90 Å². The molecule has 1 fully saturated rings. The Balaban J connectivity index is 1.98. The van der Waals surface area contributed by atoms with Gasteiger partial charge in [-0.1, -0.05) is 18.2 Å². The van der Waals surface area contributed by atoms with E-state index in [2.05, 4.69) is 10.2 Å². The summed E-state index contributed by atoms with van der Waals surface area (Å²) < 4.78 is 0. The summed E-state index contributed by atoms with van der Waals surface area (Å²) in [4.78, 5) is 27.9. The van der Waals surface area contributed by atoms with E-state index >= 15 is 0 Å². The minimum Gasteiger partial charge on any atom is -0.309 e.